The summed E-state index contributed by atoms with van der Waals surface area (Å²) in [4.78, 5) is 8.78. The first-order valence-corrected chi connectivity index (χ1v) is 10.0. The molecule has 3 N–H and O–H groups in total. The lowest BCUT2D eigenvalue weighted by molar-refractivity contribution is 0.508. The Balaban J connectivity index is 1.47. The van der Waals surface area contributed by atoms with E-state index in [4.69, 9.17) is 4.42 Å². The fourth-order valence-corrected chi connectivity index (χ4v) is 3.04. The lowest BCUT2D eigenvalue weighted by atomic mass is 9.84. The van der Waals surface area contributed by atoms with Gasteiger partial charge in [-0.15, -0.1) is 0 Å². The van der Waals surface area contributed by atoms with Crippen molar-refractivity contribution in [3.05, 3.63) is 59.6 Å². The molecule has 0 aliphatic rings. The van der Waals surface area contributed by atoms with Gasteiger partial charge < -0.3 is 15.1 Å². The monoisotopic (exact) mass is 394 g/mol. The molecular weight excluding hydrogens is 364 g/mol. The van der Waals surface area contributed by atoms with Crippen molar-refractivity contribution in [2.75, 3.05) is 20.1 Å². The summed E-state index contributed by atoms with van der Waals surface area (Å²) in [5.74, 6) is 2.81. The number of benzene rings is 1. The molecule has 0 bridgehead atoms. The topological polar surface area (TPSA) is 91.1 Å². The fourth-order valence-electron chi connectivity index (χ4n) is 3.04. The fraction of sp³-hybridized carbons (Fsp3) is 0.409. The van der Waals surface area contributed by atoms with Gasteiger partial charge in [-0.25, -0.2) is 4.98 Å². The van der Waals surface area contributed by atoms with E-state index in [1.54, 1.807) is 13.3 Å². The molecule has 1 aromatic carbocycles. The van der Waals surface area contributed by atoms with E-state index in [0.717, 1.165) is 24.7 Å². The van der Waals surface area contributed by atoms with Gasteiger partial charge in [-0.1, -0.05) is 45.0 Å². The second-order valence-corrected chi connectivity index (χ2v) is 7.62. The van der Waals surface area contributed by atoms with Gasteiger partial charge in [0.2, 0.25) is 5.82 Å². The summed E-state index contributed by atoms with van der Waals surface area (Å²) in [5.41, 5.74) is 2.66. The average Bonchev–Trinajstić information content (AvgIpc) is 3.42. The Morgan fingerprint density at radius 2 is 1.97 bits per heavy atom. The smallest absolute Gasteiger partial charge is 0.216 e. The van der Waals surface area contributed by atoms with Crippen LogP contribution in [0, 0.1) is 0 Å². The van der Waals surface area contributed by atoms with Crippen LogP contribution in [0.3, 0.4) is 0 Å². The van der Waals surface area contributed by atoms with Crippen LogP contribution in [0.1, 0.15) is 37.7 Å². The molecule has 0 atom stereocenters. The molecule has 0 fully saturated rings. The molecule has 0 amide bonds. The Labute approximate surface area is 172 Å². The maximum Gasteiger partial charge on any atom is 0.216 e. The van der Waals surface area contributed by atoms with Crippen LogP contribution >= 0.6 is 0 Å². The summed E-state index contributed by atoms with van der Waals surface area (Å²) >= 11 is 0. The van der Waals surface area contributed by atoms with Crippen LogP contribution in [0.2, 0.25) is 0 Å². The van der Waals surface area contributed by atoms with Crippen molar-refractivity contribution in [1.82, 2.24) is 25.8 Å². The van der Waals surface area contributed by atoms with Crippen LogP contribution < -0.4 is 10.6 Å². The van der Waals surface area contributed by atoms with Crippen molar-refractivity contribution in [2.45, 2.75) is 39.0 Å². The quantitative estimate of drug-likeness (QED) is 0.403. The Morgan fingerprint density at radius 3 is 2.62 bits per heavy atom. The van der Waals surface area contributed by atoms with E-state index >= 15 is 0 Å². The molecule has 0 radical (unpaired) electrons. The summed E-state index contributed by atoms with van der Waals surface area (Å²) in [5, 5.41) is 13.9. The van der Waals surface area contributed by atoms with E-state index in [-0.39, 0.29) is 5.41 Å². The first kappa shape index (κ1) is 20.6. The van der Waals surface area contributed by atoms with Crippen LogP contribution in [-0.4, -0.2) is 41.3 Å². The predicted molar refractivity (Wildman–Crippen MR) is 116 cm³/mol. The highest BCUT2D eigenvalue weighted by Crippen LogP contribution is 2.22. The van der Waals surface area contributed by atoms with E-state index in [0.29, 0.717) is 24.6 Å². The number of aryl methyl sites for hydroxylation is 1. The highest BCUT2D eigenvalue weighted by molar-refractivity contribution is 5.79. The summed E-state index contributed by atoms with van der Waals surface area (Å²) in [6, 6.07) is 12.5. The molecule has 3 rings (SSSR count). The number of furan rings is 1. The molecular formula is C22H30N6O. The SMILES string of the molecule is CCc1ccc(C(C)(C)CNC(=NC)NCCc2nc(-c3ccco3)n[nH]2)cc1. The number of nitrogens with one attached hydrogen (secondary N) is 3. The third-order valence-electron chi connectivity index (χ3n) is 4.99. The lowest BCUT2D eigenvalue weighted by Crippen LogP contribution is -2.44. The molecule has 0 spiro atoms. The summed E-state index contributed by atoms with van der Waals surface area (Å²) in [6.45, 7) is 8.12. The largest absolute Gasteiger partial charge is 0.461 e. The Hall–Kier alpha value is -3.09. The summed E-state index contributed by atoms with van der Waals surface area (Å²) in [7, 11) is 1.78. The van der Waals surface area contributed by atoms with Gasteiger partial charge in [0.1, 0.15) is 5.82 Å². The van der Waals surface area contributed by atoms with Crippen molar-refractivity contribution in [3.63, 3.8) is 0 Å². The predicted octanol–water partition coefficient (Wildman–Crippen LogP) is 3.31. The van der Waals surface area contributed by atoms with Gasteiger partial charge in [0.15, 0.2) is 11.7 Å². The Bertz CT molecular complexity index is 909. The summed E-state index contributed by atoms with van der Waals surface area (Å²) in [6.07, 6.45) is 3.38. The number of guanidine groups is 1. The van der Waals surface area contributed by atoms with Gasteiger partial charge in [-0.05, 0) is 29.7 Å². The first-order chi connectivity index (χ1) is 14.0. The highest BCUT2D eigenvalue weighted by atomic mass is 16.3. The minimum absolute atomic E-state index is 0.00718. The second-order valence-electron chi connectivity index (χ2n) is 7.62. The molecule has 7 heteroatoms. The number of H-pyrrole nitrogens is 1. The molecule has 154 valence electrons. The Kier molecular flexibility index (Phi) is 6.69. The van der Waals surface area contributed by atoms with E-state index in [9.17, 15) is 0 Å². The molecule has 0 aliphatic heterocycles. The highest BCUT2D eigenvalue weighted by Gasteiger charge is 2.20. The maximum atomic E-state index is 5.32. The standard InChI is InChI=1S/C22H30N6O/c1-5-16-8-10-17(11-9-16)22(2,3)15-25-21(23-4)24-13-12-19-26-20(28-27-19)18-7-6-14-29-18/h6-11,14H,5,12-13,15H2,1-4H3,(H2,23,24,25)(H,26,27,28). The molecule has 0 aliphatic carbocycles. The third kappa shape index (κ3) is 5.47. The lowest BCUT2D eigenvalue weighted by Gasteiger charge is -2.27. The minimum Gasteiger partial charge on any atom is -0.461 e. The van der Waals surface area contributed by atoms with Gasteiger partial charge in [0.05, 0.1) is 6.26 Å². The second kappa shape index (κ2) is 9.41. The van der Waals surface area contributed by atoms with Crippen LogP contribution in [-0.2, 0) is 18.3 Å². The number of nitrogens with zero attached hydrogens (tertiary/aromatic N) is 3. The van der Waals surface area contributed by atoms with Gasteiger partial charge in [-0.3, -0.25) is 10.1 Å². The average molecular weight is 395 g/mol. The molecule has 0 saturated carbocycles. The zero-order valence-electron chi connectivity index (χ0n) is 17.6. The van der Waals surface area contributed by atoms with E-state index in [1.165, 1.54) is 11.1 Å². The maximum absolute atomic E-state index is 5.32. The molecule has 7 nitrogen and oxygen atoms in total. The van der Waals surface area contributed by atoms with E-state index in [1.807, 2.05) is 12.1 Å². The van der Waals surface area contributed by atoms with Crippen molar-refractivity contribution in [2.24, 2.45) is 4.99 Å². The normalized spacial score (nSPS) is 12.2. The minimum atomic E-state index is -0.00718. The van der Waals surface area contributed by atoms with Crippen molar-refractivity contribution < 1.29 is 4.42 Å². The van der Waals surface area contributed by atoms with Gasteiger partial charge in [-0.2, -0.15) is 5.10 Å². The Morgan fingerprint density at radius 1 is 1.17 bits per heavy atom. The first-order valence-electron chi connectivity index (χ1n) is 10.0. The number of aromatic amines is 1. The van der Waals surface area contributed by atoms with E-state index < -0.39 is 0 Å². The molecule has 0 unspecified atom stereocenters. The van der Waals surface area contributed by atoms with Crippen molar-refractivity contribution in [3.8, 4) is 11.6 Å². The molecule has 2 heterocycles. The van der Waals surface area contributed by atoms with Crippen LogP contribution in [0.5, 0.6) is 0 Å². The van der Waals surface area contributed by atoms with Gasteiger partial charge >= 0.3 is 0 Å². The molecule has 29 heavy (non-hydrogen) atoms. The number of rotatable bonds is 8. The van der Waals surface area contributed by atoms with Crippen LogP contribution in [0.25, 0.3) is 11.6 Å². The summed E-state index contributed by atoms with van der Waals surface area (Å²) < 4.78 is 5.32. The number of hydrogen-bond acceptors (Lipinski definition) is 4. The third-order valence-corrected chi connectivity index (χ3v) is 4.99. The van der Waals surface area contributed by atoms with Gasteiger partial charge in [0, 0.05) is 32.0 Å². The van der Waals surface area contributed by atoms with Crippen molar-refractivity contribution in [1.29, 1.82) is 0 Å². The van der Waals surface area contributed by atoms with Crippen molar-refractivity contribution >= 4 is 5.96 Å². The zero-order chi connectivity index (χ0) is 20.7. The number of aromatic nitrogens is 3. The molecule has 0 saturated heterocycles. The van der Waals surface area contributed by atoms with Crippen LogP contribution in [0.15, 0.2) is 52.1 Å². The number of hydrogen-bond donors (Lipinski definition) is 3. The van der Waals surface area contributed by atoms with E-state index in [2.05, 4.69) is 75.8 Å². The van der Waals surface area contributed by atoms with Crippen LogP contribution in [0.4, 0.5) is 0 Å². The van der Waals surface area contributed by atoms with Gasteiger partial charge in [0.25, 0.3) is 0 Å². The number of aliphatic imine (C=N–C) groups is 1. The molecule has 2 aromatic heterocycles. The zero-order valence-corrected chi connectivity index (χ0v) is 17.6. The molecule has 3 aromatic rings.